The Morgan fingerprint density at radius 1 is 1.29 bits per heavy atom. The van der Waals surface area contributed by atoms with Crippen molar-refractivity contribution in [3.05, 3.63) is 42.0 Å². The number of anilines is 1. The molecule has 2 aliphatic heterocycles. The molecule has 35 heavy (non-hydrogen) atoms. The fourth-order valence-corrected chi connectivity index (χ4v) is 5.15. The third-order valence-corrected chi connectivity index (χ3v) is 7.23. The van der Waals surface area contributed by atoms with Crippen molar-refractivity contribution in [2.75, 3.05) is 32.3 Å². The molecule has 4 heterocycles. The lowest BCUT2D eigenvalue weighted by Crippen LogP contribution is -2.42. The molecule has 0 radical (unpaired) electrons. The number of nitrogens with zero attached hydrogens (tertiary/aromatic N) is 6. The predicted molar refractivity (Wildman–Crippen MR) is 130 cm³/mol. The topological polar surface area (TPSA) is 94.7 Å². The molecule has 0 aliphatic carbocycles. The Bertz CT molecular complexity index is 1210. The minimum absolute atomic E-state index is 0.0302. The molecule has 2 amide bonds. The van der Waals surface area contributed by atoms with Gasteiger partial charge in [0.05, 0.1) is 36.5 Å². The van der Waals surface area contributed by atoms with Crippen molar-refractivity contribution in [1.82, 2.24) is 24.2 Å². The predicted octanol–water partition coefficient (Wildman–Crippen LogP) is 2.63. The molecule has 1 fully saturated rings. The molecule has 0 bridgehead atoms. The summed E-state index contributed by atoms with van der Waals surface area (Å²) < 4.78 is 14.4. The van der Waals surface area contributed by atoms with E-state index in [9.17, 15) is 9.59 Å². The van der Waals surface area contributed by atoms with Crippen molar-refractivity contribution >= 4 is 28.7 Å². The maximum Gasteiger partial charge on any atom is 0.414 e. The molecule has 10 nitrogen and oxygen atoms in total. The highest BCUT2D eigenvalue weighted by atomic mass is 16.5. The number of aryl methyl sites for hydroxylation is 3. The first-order valence-corrected chi connectivity index (χ1v) is 12.2. The maximum absolute atomic E-state index is 13.3. The number of carbonyl (C=O) groups is 2. The molecule has 10 heteroatoms. The van der Waals surface area contributed by atoms with E-state index in [1.807, 2.05) is 47.6 Å². The quantitative estimate of drug-likeness (QED) is 0.538. The van der Waals surface area contributed by atoms with Gasteiger partial charge in [-0.05, 0) is 44.4 Å². The van der Waals surface area contributed by atoms with Crippen molar-refractivity contribution in [2.45, 2.75) is 57.8 Å². The lowest BCUT2D eigenvalue weighted by atomic mass is 9.96. The number of ether oxygens (including phenoxy) is 2. The number of fused-ring (bicyclic) bond motifs is 3. The number of hydrogen-bond acceptors (Lipinski definition) is 6. The molecule has 2 aliphatic rings. The van der Waals surface area contributed by atoms with E-state index in [0.717, 1.165) is 47.4 Å². The summed E-state index contributed by atoms with van der Waals surface area (Å²) in [6.07, 6.45) is 6.42. The molecule has 0 N–H and O–H groups in total. The number of benzene rings is 1. The van der Waals surface area contributed by atoms with E-state index in [-0.39, 0.29) is 30.6 Å². The van der Waals surface area contributed by atoms with Crippen LogP contribution in [-0.2, 0) is 40.2 Å². The summed E-state index contributed by atoms with van der Waals surface area (Å²) in [5, 5.41) is 4.31. The summed E-state index contributed by atoms with van der Waals surface area (Å²) in [6, 6.07) is 5.96. The van der Waals surface area contributed by atoms with E-state index in [0.29, 0.717) is 26.2 Å². The molecule has 0 saturated carbocycles. The minimum atomic E-state index is -0.369. The van der Waals surface area contributed by atoms with Crippen molar-refractivity contribution in [3.8, 4) is 0 Å². The summed E-state index contributed by atoms with van der Waals surface area (Å²) in [6.45, 7) is 4.15. The van der Waals surface area contributed by atoms with Gasteiger partial charge in [0.15, 0.2) is 0 Å². The fraction of sp³-hybridized carbons (Fsp3) is 0.520. The van der Waals surface area contributed by atoms with Gasteiger partial charge in [-0.15, -0.1) is 0 Å². The second kappa shape index (κ2) is 9.69. The van der Waals surface area contributed by atoms with Crippen molar-refractivity contribution in [1.29, 1.82) is 0 Å². The van der Waals surface area contributed by atoms with Gasteiger partial charge in [0, 0.05) is 50.6 Å². The zero-order valence-electron chi connectivity index (χ0n) is 20.5. The van der Waals surface area contributed by atoms with Gasteiger partial charge in [-0.2, -0.15) is 5.10 Å². The second-order valence-corrected chi connectivity index (χ2v) is 9.31. The van der Waals surface area contributed by atoms with Crippen LogP contribution in [0.4, 0.5) is 10.5 Å². The highest BCUT2D eigenvalue weighted by Gasteiger charge is 2.32. The number of aromatic nitrogens is 4. The Morgan fingerprint density at radius 3 is 2.86 bits per heavy atom. The van der Waals surface area contributed by atoms with Gasteiger partial charge in [0.25, 0.3) is 0 Å². The van der Waals surface area contributed by atoms with E-state index in [1.165, 1.54) is 7.11 Å². The molecule has 2 aromatic heterocycles. The monoisotopic (exact) mass is 480 g/mol. The van der Waals surface area contributed by atoms with Gasteiger partial charge in [-0.25, -0.2) is 9.78 Å². The first-order valence-electron chi connectivity index (χ1n) is 12.2. The lowest BCUT2D eigenvalue weighted by molar-refractivity contribution is -0.132. The molecule has 2 atom stereocenters. The zero-order valence-corrected chi connectivity index (χ0v) is 20.5. The highest BCUT2D eigenvalue weighted by molar-refractivity contribution is 5.95. The molecule has 186 valence electrons. The Kier molecular flexibility index (Phi) is 6.46. The van der Waals surface area contributed by atoms with Crippen LogP contribution in [0.1, 0.15) is 31.2 Å². The average Bonchev–Trinajstić information content (AvgIpc) is 3.63. The second-order valence-electron chi connectivity index (χ2n) is 9.31. The Morgan fingerprint density at radius 2 is 2.14 bits per heavy atom. The first-order chi connectivity index (χ1) is 17.0. The average molecular weight is 481 g/mol. The Labute approximate surface area is 204 Å². The van der Waals surface area contributed by atoms with Gasteiger partial charge in [0.2, 0.25) is 5.91 Å². The van der Waals surface area contributed by atoms with Crippen LogP contribution in [0.2, 0.25) is 0 Å². The van der Waals surface area contributed by atoms with Gasteiger partial charge in [-0.3, -0.25) is 14.4 Å². The standard InChI is InChI=1S/C25H32N6O4/c1-17-5-6-19-20(31(17)25(33)34-3)7-8-21-24(19)27-22(9-13-29-12-4-11-26-29)30(21)15-23(32)28(2)18-10-14-35-16-18/h4,7-8,11-12,17-18H,5-6,9-10,13-16H2,1-3H3/t17-,18-/m0/s1. The molecular formula is C25H32N6O4. The van der Waals surface area contributed by atoms with Crippen LogP contribution in [0.3, 0.4) is 0 Å². The van der Waals surface area contributed by atoms with Crippen molar-refractivity contribution < 1.29 is 19.1 Å². The van der Waals surface area contributed by atoms with Crippen LogP contribution in [0.5, 0.6) is 0 Å². The molecule has 1 saturated heterocycles. The number of carbonyl (C=O) groups excluding carboxylic acids is 2. The van der Waals surface area contributed by atoms with Crippen molar-refractivity contribution in [3.63, 3.8) is 0 Å². The van der Waals surface area contributed by atoms with Crippen LogP contribution in [0.15, 0.2) is 30.6 Å². The van der Waals surface area contributed by atoms with E-state index in [4.69, 9.17) is 14.5 Å². The number of methoxy groups -OCH3 is 1. The molecule has 0 unspecified atom stereocenters. The summed E-state index contributed by atoms with van der Waals surface area (Å²) in [5.74, 6) is 0.860. The van der Waals surface area contributed by atoms with Crippen LogP contribution in [0, 0.1) is 0 Å². The smallest absolute Gasteiger partial charge is 0.414 e. The molecule has 1 aromatic carbocycles. The van der Waals surface area contributed by atoms with Crippen LogP contribution in [0.25, 0.3) is 11.0 Å². The molecule has 0 spiro atoms. The summed E-state index contributed by atoms with van der Waals surface area (Å²) >= 11 is 0. The lowest BCUT2D eigenvalue weighted by Gasteiger charge is -2.34. The van der Waals surface area contributed by atoms with Gasteiger partial charge in [0.1, 0.15) is 12.4 Å². The van der Waals surface area contributed by atoms with Crippen molar-refractivity contribution in [2.24, 2.45) is 0 Å². The van der Waals surface area contributed by atoms with E-state index >= 15 is 0 Å². The van der Waals surface area contributed by atoms with E-state index < -0.39 is 0 Å². The van der Waals surface area contributed by atoms with Gasteiger partial charge < -0.3 is 18.9 Å². The van der Waals surface area contributed by atoms with E-state index in [2.05, 4.69) is 5.10 Å². The first kappa shape index (κ1) is 23.3. The number of likely N-dealkylation sites (N-methyl/N-ethyl adjacent to an activating group) is 1. The third-order valence-electron chi connectivity index (χ3n) is 7.23. The Balaban J connectivity index is 1.53. The molecular weight excluding hydrogens is 448 g/mol. The van der Waals surface area contributed by atoms with E-state index in [1.54, 1.807) is 16.0 Å². The number of imidazole rings is 1. The number of rotatable bonds is 6. The van der Waals surface area contributed by atoms with Crippen LogP contribution in [-0.4, -0.2) is 75.7 Å². The normalized spacial score (nSPS) is 19.7. The summed E-state index contributed by atoms with van der Waals surface area (Å²) in [4.78, 5) is 34.3. The van der Waals surface area contributed by atoms with Gasteiger partial charge >= 0.3 is 6.09 Å². The highest BCUT2D eigenvalue weighted by Crippen LogP contribution is 2.36. The maximum atomic E-state index is 13.3. The molecule has 5 rings (SSSR count). The number of hydrogen-bond donors (Lipinski definition) is 0. The minimum Gasteiger partial charge on any atom is -0.452 e. The Hall–Kier alpha value is -3.40. The zero-order chi connectivity index (χ0) is 24.5. The van der Waals surface area contributed by atoms with Crippen LogP contribution < -0.4 is 4.90 Å². The fourth-order valence-electron chi connectivity index (χ4n) is 5.15. The summed E-state index contributed by atoms with van der Waals surface area (Å²) in [7, 11) is 3.25. The van der Waals surface area contributed by atoms with Gasteiger partial charge in [-0.1, -0.05) is 0 Å². The third kappa shape index (κ3) is 4.38. The number of amides is 2. The molecule has 3 aromatic rings. The van der Waals surface area contributed by atoms with Crippen LogP contribution >= 0.6 is 0 Å². The largest absolute Gasteiger partial charge is 0.452 e. The summed E-state index contributed by atoms with van der Waals surface area (Å²) in [5.41, 5.74) is 3.61. The SMILES string of the molecule is COC(=O)N1c2ccc3c(nc(CCn4cccn4)n3CC(=O)N(C)[C@H]3CCOC3)c2CC[C@@H]1C.